The molecule has 1 aliphatic rings. The van der Waals surface area contributed by atoms with Gasteiger partial charge in [0.15, 0.2) is 0 Å². The monoisotopic (exact) mass is 430 g/mol. The maximum atomic E-state index is 12.0. The van der Waals surface area contributed by atoms with Gasteiger partial charge >= 0.3 is 12.3 Å². The van der Waals surface area contributed by atoms with Crippen LogP contribution >= 0.6 is 0 Å². The van der Waals surface area contributed by atoms with E-state index in [1.165, 1.54) is 19.8 Å². The van der Waals surface area contributed by atoms with Crippen LogP contribution in [0.1, 0.15) is 69.9 Å². The lowest BCUT2D eigenvalue weighted by Crippen LogP contribution is -2.21. The zero-order chi connectivity index (χ0) is 23.0. The Balaban J connectivity index is 2.67. The third-order valence-corrected chi connectivity index (χ3v) is 5.67. The van der Waals surface area contributed by atoms with E-state index in [-0.39, 0.29) is 11.8 Å². The van der Waals surface area contributed by atoms with Crippen molar-refractivity contribution >= 4 is 12.3 Å². The summed E-state index contributed by atoms with van der Waals surface area (Å²) in [5, 5.41) is 0. The highest BCUT2D eigenvalue weighted by Gasteiger charge is 2.32. The predicted molar refractivity (Wildman–Crippen MR) is 120 cm³/mol. The summed E-state index contributed by atoms with van der Waals surface area (Å²) in [6.07, 6.45) is 6.28. The van der Waals surface area contributed by atoms with Crippen LogP contribution in [-0.2, 0) is 15.9 Å². The molecule has 0 bridgehead atoms. The summed E-state index contributed by atoms with van der Waals surface area (Å²) in [4.78, 5) is 24.1. The van der Waals surface area contributed by atoms with Gasteiger partial charge in [-0.1, -0.05) is 43.6 Å². The van der Waals surface area contributed by atoms with Crippen LogP contribution < -0.4 is 9.47 Å². The van der Waals surface area contributed by atoms with E-state index in [1.54, 1.807) is 0 Å². The van der Waals surface area contributed by atoms with Gasteiger partial charge in [-0.25, -0.2) is 9.59 Å². The Hall–Kier alpha value is -2.76. The number of aryl methyl sites for hydroxylation is 1. The van der Waals surface area contributed by atoms with Gasteiger partial charge in [-0.15, -0.1) is 0 Å². The molecule has 170 valence electrons. The zero-order valence-electron chi connectivity index (χ0n) is 19.3. The van der Waals surface area contributed by atoms with Crippen LogP contribution in [0.3, 0.4) is 0 Å². The summed E-state index contributed by atoms with van der Waals surface area (Å²) in [5.41, 5.74) is 3.79. The smallest absolute Gasteiger partial charge is 0.437 e. The minimum Gasteiger partial charge on any atom is -0.437 e. The third kappa shape index (κ3) is 6.61. The first-order valence-electron chi connectivity index (χ1n) is 10.8. The minimum absolute atomic E-state index is 0.120. The maximum Gasteiger partial charge on any atom is 0.513 e. The van der Waals surface area contributed by atoms with Gasteiger partial charge in [-0.2, -0.15) is 0 Å². The number of carbonyl (C=O) groups excluding carboxylic acids is 2. The van der Waals surface area contributed by atoms with Crippen LogP contribution in [-0.4, -0.2) is 26.5 Å². The number of carbonyl (C=O) groups is 2. The van der Waals surface area contributed by atoms with Gasteiger partial charge in [0.05, 0.1) is 14.2 Å². The van der Waals surface area contributed by atoms with Crippen molar-refractivity contribution in [1.82, 2.24) is 0 Å². The van der Waals surface area contributed by atoms with Gasteiger partial charge in [0.1, 0.15) is 11.5 Å². The second kappa shape index (κ2) is 11.6. The van der Waals surface area contributed by atoms with Crippen molar-refractivity contribution in [3.8, 4) is 11.5 Å². The number of hydrogen-bond acceptors (Lipinski definition) is 6. The molecule has 0 N–H and O–H groups in total. The van der Waals surface area contributed by atoms with Crippen molar-refractivity contribution in [2.75, 3.05) is 14.2 Å². The number of benzene rings is 1. The highest BCUT2D eigenvalue weighted by Crippen LogP contribution is 2.47. The lowest BCUT2D eigenvalue weighted by atomic mass is 9.73. The molecule has 1 aliphatic carbocycles. The van der Waals surface area contributed by atoms with Crippen LogP contribution in [0.25, 0.3) is 0 Å². The zero-order valence-corrected chi connectivity index (χ0v) is 19.3. The molecule has 6 heteroatoms. The molecular weight excluding hydrogens is 396 g/mol. The van der Waals surface area contributed by atoms with Crippen molar-refractivity contribution in [3.63, 3.8) is 0 Å². The van der Waals surface area contributed by atoms with E-state index in [1.807, 2.05) is 19.1 Å². The fourth-order valence-corrected chi connectivity index (χ4v) is 4.05. The Labute approximate surface area is 185 Å². The first kappa shape index (κ1) is 24.5. The Bertz CT molecular complexity index is 799. The summed E-state index contributed by atoms with van der Waals surface area (Å²) >= 11 is 0. The summed E-state index contributed by atoms with van der Waals surface area (Å²) in [7, 11) is 2.53. The van der Waals surface area contributed by atoms with Crippen molar-refractivity contribution in [3.05, 3.63) is 47.1 Å². The molecule has 0 heterocycles. The topological polar surface area (TPSA) is 71.1 Å². The predicted octanol–water partition coefficient (Wildman–Crippen LogP) is 6.73. The second-order valence-electron chi connectivity index (χ2n) is 8.11. The summed E-state index contributed by atoms with van der Waals surface area (Å²) < 4.78 is 20.6. The lowest BCUT2D eigenvalue weighted by Gasteiger charge is -2.32. The number of allylic oxidation sites excluding steroid dienone is 3. The average molecular weight is 431 g/mol. The van der Waals surface area contributed by atoms with Crippen molar-refractivity contribution in [2.45, 2.75) is 65.2 Å². The number of hydrogen-bond donors (Lipinski definition) is 0. The van der Waals surface area contributed by atoms with Gasteiger partial charge in [0.25, 0.3) is 0 Å². The van der Waals surface area contributed by atoms with E-state index in [0.29, 0.717) is 17.1 Å². The van der Waals surface area contributed by atoms with Crippen LogP contribution in [0.2, 0.25) is 0 Å². The Morgan fingerprint density at radius 1 is 1.06 bits per heavy atom. The molecule has 1 aromatic rings. The molecule has 0 saturated carbocycles. The number of rotatable bonds is 8. The molecule has 0 aliphatic heterocycles. The Kier molecular flexibility index (Phi) is 9.16. The fraction of sp³-hybridized carbons (Fsp3) is 0.520. The SMILES string of the molecule is C=C(C)[C@@H]1CCC(C)=C[C@H]1c1c(OC(=O)OC)cc(CCCCC)cc1OC(=O)OC. The highest BCUT2D eigenvalue weighted by atomic mass is 16.7. The summed E-state index contributed by atoms with van der Waals surface area (Å²) in [5.74, 6) is 0.633. The molecule has 6 nitrogen and oxygen atoms in total. The molecule has 0 amide bonds. The third-order valence-electron chi connectivity index (χ3n) is 5.67. The molecule has 31 heavy (non-hydrogen) atoms. The first-order chi connectivity index (χ1) is 14.8. The lowest BCUT2D eigenvalue weighted by molar-refractivity contribution is 0.118. The van der Waals surface area contributed by atoms with E-state index >= 15 is 0 Å². The van der Waals surface area contributed by atoms with E-state index in [2.05, 4.69) is 26.5 Å². The quantitative estimate of drug-likeness (QED) is 0.197. The van der Waals surface area contributed by atoms with E-state index in [9.17, 15) is 9.59 Å². The summed E-state index contributed by atoms with van der Waals surface area (Å²) in [6.45, 7) is 10.4. The number of unbranched alkanes of at least 4 members (excludes halogenated alkanes) is 2. The Morgan fingerprint density at radius 2 is 1.65 bits per heavy atom. The Morgan fingerprint density at radius 3 is 2.13 bits per heavy atom. The molecule has 0 aromatic heterocycles. The molecule has 0 spiro atoms. The molecule has 0 unspecified atom stereocenters. The molecule has 0 saturated heterocycles. The van der Waals surface area contributed by atoms with Gasteiger partial charge in [-0.05, 0) is 63.1 Å². The highest BCUT2D eigenvalue weighted by molar-refractivity contribution is 5.69. The fourth-order valence-electron chi connectivity index (χ4n) is 4.05. The van der Waals surface area contributed by atoms with Gasteiger partial charge < -0.3 is 18.9 Å². The minimum atomic E-state index is -0.820. The van der Waals surface area contributed by atoms with Gasteiger partial charge in [-0.3, -0.25) is 0 Å². The standard InChI is InChI=1S/C25H34O6/c1-7-8-9-10-18-14-21(30-24(26)28-5)23(22(15-18)31-25(27)29-6)20-13-17(4)11-12-19(20)16(2)3/h13-15,19-20H,2,7-12H2,1,3-6H3/t19-,20+/m0/s1. The van der Waals surface area contributed by atoms with Gasteiger partial charge in [0, 0.05) is 11.5 Å². The number of methoxy groups -OCH3 is 2. The molecule has 2 rings (SSSR count). The molecule has 0 radical (unpaired) electrons. The van der Waals surface area contributed by atoms with E-state index in [4.69, 9.17) is 18.9 Å². The van der Waals surface area contributed by atoms with E-state index in [0.717, 1.165) is 49.7 Å². The van der Waals surface area contributed by atoms with Crippen LogP contribution in [0.15, 0.2) is 35.9 Å². The molecule has 1 aromatic carbocycles. The average Bonchev–Trinajstić information content (AvgIpc) is 2.73. The van der Waals surface area contributed by atoms with Crippen LogP contribution in [0.4, 0.5) is 9.59 Å². The molecular formula is C25H34O6. The van der Waals surface area contributed by atoms with E-state index < -0.39 is 12.3 Å². The molecule has 0 fully saturated rings. The van der Waals surface area contributed by atoms with Crippen LogP contribution in [0, 0.1) is 5.92 Å². The first-order valence-corrected chi connectivity index (χ1v) is 10.8. The van der Waals surface area contributed by atoms with Crippen molar-refractivity contribution in [1.29, 1.82) is 0 Å². The number of ether oxygens (including phenoxy) is 4. The second-order valence-corrected chi connectivity index (χ2v) is 8.11. The van der Waals surface area contributed by atoms with Crippen molar-refractivity contribution in [2.24, 2.45) is 5.92 Å². The molecule has 2 atom stereocenters. The van der Waals surface area contributed by atoms with Gasteiger partial charge in [0.2, 0.25) is 0 Å². The van der Waals surface area contributed by atoms with Crippen LogP contribution in [0.5, 0.6) is 11.5 Å². The maximum absolute atomic E-state index is 12.0. The normalized spacial score (nSPS) is 18.0. The van der Waals surface area contributed by atoms with Crippen molar-refractivity contribution < 1.29 is 28.5 Å². The summed E-state index contributed by atoms with van der Waals surface area (Å²) in [6, 6.07) is 3.69. The largest absolute Gasteiger partial charge is 0.513 e.